The van der Waals surface area contributed by atoms with Gasteiger partial charge in [-0.25, -0.2) is 4.79 Å². The highest BCUT2D eigenvalue weighted by Crippen LogP contribution is 2.51. The maximum Gasteiger partial charge on any atom is 0.341 e. The molecule has 9 nitrogen and oxygen atoms in total. The van der Waals surface area contributed by atoms with Crippen molar-refractivity contribution in [1.82, 2.24) is 9.97 Å². The van der Waals surface area contributed by atoms with E-state index in [1.165, 1.54) is 0 Å². The number of anilines is 1. The third-order valence-electron chi connectivity index (χ3n) is 8.87. The summed E-state index contributed by atoms with van der Waals surface area (Å²) in [5.41, 5.74) is 7.89. The lowest BCUT2D eigenvalue weighted by atomic mass is 9.86. The van der Waals surface area contributed by atoms with Gasteiger partial charge in [0.25, 0.3) is 11.8 Å². The van der Waals surface area contributed by atoms with E-state index in [2.05, 4.69) is 4.98 Å². The van der Waals surface area contributed by atoms with E-state index in [4.69, 9.17) is 31.8 Å². The summed E-state index contributed by atoms with van der Waals surface area (Å²) in [6.45, 7) is 5.55. The number of benzene rings is 1. The summed E-state index contributed by atoms with van der Waals surface area (Å²) < 4.78 is 12.3. The van der Waals surface area contributed by atoms with Gasteiger partial charge < -0.3 is 15.2 Å². The number of rotatable bonds is 8. The maximum atomic E-state index is 13.6. The first kappa shape index (κ1) is 27.8. The number of pyridine rings is 2. The smallest absolute Gasteiger partial charge is 0.341 e. The number of hydrogen-bond acceptors (Lipinski definition) is 7. The molecule has 222 valence electrons. The Labute approximate surface area is 254 Å². The average molecular weight is 601 g/mol. The second-order valence-corrected chi connectivity index (χ2v) is 13.4. The van der Waals surface area contributed by atoms with Crippen LogP contribution in [0, 0.1) is 11.8 Å². The molecule has 2 aromatic heterocycles. The van der Waals surface area contributed by atoms with Crippen LogP contribution in [0.5, 0.6) is 5.75 Å². The summed E-state index contributed by atoms with van der Waals surface area (Å²) in [5, 5.41) is 0.505. The molecule has 0 bridgehead atoms. The Morgan fingerprint density at radius 3 is 2.44 bits per heavy atom. The lowest BCUT2D eigenvalue weighted by molar-refractivity contribution is -0.132. The van der Waals surface area contributed by atoms with Gasteiger partial charge in [-0.3, -0.25) is 24.5 Å². The molecule has 7 rings (SSSR count). The van der Waals surface area contributed by atoms with Crippen LogP contribution in [0.2, 0.25) is 5.02 Å². The number of amides is 2. The molecular weight excluding hydrogens is 568 g/mol. The largest absolute Gasteiger partial charge is 0.476 e. The van der Waals surface area contributed by atoms with Gasteiger partial charge in [0.15, 0.2) is 11.2 Å². The first-order chi connectivity index (χ1) is 20.4. The molecule has 2 amide bonds. The van der Waals surface area contributed by atoms with Crippen LogP contribution in [0.15, 0.2) is 36.5 Å². The predicted molar refractivity (Wildman–Crippen MR) is 160 cm³/mol. The fraction of sp³-hybridized carbons (Fsp3) is 0.424. The molecule has 0 unspecified atom stereocenters. The minimum Gasteiger partial charge on any atom is -0.476 e. The standard InChI is InChI=1S/C33H33ClN4O5/c1-32(2)31(41)38(16-21-10-9-20(34)15-36-21)23-11-8-19(13-24(23)42-32)25-26(29(35)39)22(12-17-4-5-17)37-28-27(25)30(40)43-33(28,3)14-18-6-7-18/h8-11,13,15,17-18H,4-7,12,14,16H2,1-3H3,(H2,35,39)/t33-/m1/s1. The van der Waals surface area contributed by atoms with Crippen molar-refractivity contribution in [3.8, 4) is 16.9 Å². The first-order valence-electron chi connectivity index (χ1n) is 14.8. The molecule has 1 atom stereocenters. The molecular formula is C33H33ClN4O5. The molecule has 1 aromatic carbocycles. The summed E-state index contributed by atoms with van der Waals surface area (Å²) in [7, 11) is 0. The van der Waals surface area contributed by atoms with E-state index in [0.29, 0.717) is 69.3 Å². The number of carbonyl (C=O) groups is 3. The molecule has 4 heterocycles. The third kappa shape index (κ3) is 4.93. The maximum absolute atomic E-state index is 13.6. The van der Waals surface area contributed by atoms with Gasteiger partial charge in [-0.1, -0.05) is 30.5 Å². The van der Waals surface area contributed by atoms with Crippen LogP contribution in [0.1, 0.15) is 90.7 Å². The van der Waals surface area contributed by atoms with Crippen molar-refractivity contribution in [2.45, 2.75) is 77.0 Å². The van der Waals surface area contributed by atoms with Gasteiger partial charge in [-0.2, -0.15) is 0 Å². The van der Waals surface area contributed by atoms with E-state index in [-0.39, 0.29) is 23.6 Å². The minimum atomic E-state index is -1.18. The number of nitrogens with zero attached hydrogens (tertiary/aromatic N) is 3. The molecule has 4 aliphatic rings. The number of primary amides is 1. The molecule has 2 fully saturated rings. The quantitative estimate of drug-likeness (QED) is 0.327. The first-order valence-corrected chi connectivity index (χ1v) is 15.2. The summed E-state index contributed by atoms with van der Waals surface area (Å²) in [6.07, 6.45) is 7.17. The molecule has 2 aliphatic carbocycles. The van der Waals surface area contributed by atoms with Gasteiger partial charge in [0.05, 0.1) is 45.5 Å². The molecule has 43 heavy (non-hydrogen) atoms. The molecule has 2 N–H and O–H groups in total. The van der Waals surface area contributed by atoms with Crippen LogP contribution in [-0.4, -0.2) is 33.4 Å². The molecule has 2 saturated carbocycles. The van der Waals surface area contributed by atoms with Crippen LogP contribution >= 0.6 is 11.6 Å². The number of fused-ring (bicyclic) bond motifs is 2. The summed E-state index contributed by atoms with van der Waals surface area (Å²) in [6, 6.07) is 8.85. The SMILES string of the molecule is CC1(C)Oc2cc(-c3c(C(N)=O)c(CC4CC4)nc4c3C(=O)O[C@]4(C)CC3CC3)ccc2N(Cc2ccc(Cl)cn2)C1=O. The van der Waals surface area contributed by atoms with Crippen molar-refractivity contribution in [2.24, 2.45) is 17.6 Å². The lowest BCUT2D eigenvalue weighted by Crippen LogP contribution is -2.52. The molecule has 0 saturated heterocycles. The zero-order chi connectivity index (χ0) is 30.3. The number of hydrogen-bond donors (Lipinski definition) is 1. The monoisotopic (exact) mass is 600 g/mol. The van der Waals surface area contributed by atoms with E-state index in [9.17, 15) is 14.4 Å². The van der Waals surface area contributed by atoms with E-state index in [1.807, 2.05) is 6.92 Å². The number of halogens is 1. The van der Waals surface area contributed by atoms with E-state index in [1.54, 1.807) is 55.3 Å². The van der Waals surface area contributed by atoms with Gasteiger partial charge >= 0.3 is 5.97 Å². The zero-order valence-corrected chi connectivity index (χ0v) is 25.2. The van der Waals surface area contributed by atoms with E-state index < -0.39 is 23.1 Å². The van der Waals surface area contributed by atoms with Crippen LogP contribution in [0.3, 0.4) is 0 Å². The van der Waals surface area contributed by atoms with Gasteiger partial charge in [0.2, 0.25) is 0 Å². The van der Waals surface area contributed by atoms with Gasteiger partial charge in [-0.05, 0) is 88.1 Å². The van der Waals surface area contributed by atoms with Crippen LogP contribution < -0.4 is 15.4 Å². The average Bonchev–Trinajstić information content (AvgIpc) is 3.88. The van der Waals surface area contributed by atoms with E-state index >= 15 is 0 Å². The highest BCUT2D eigenvalue weighted by molar-refractivity contribution is 6.30. The predicted octanol–water partition coefficient (Wildman–Crippen LogP) is 5.74. The summed E-state index contributed by atoms with van der Waals surface area (Å²) in [5.74, 6) is -0.0290. The number of carbonyl (C=O) groups excluding carboxylic acids is 3. The molecule has 0 radical (unpaired) electrons. The Bertz CT molecular complexity index is 1700. The fourth-order valence-corrected chi connectivity index (χ4v) is 6.49. The normalized spacial score (nSPS) is 22.1. The number of esters is 1. The highest BCUT2D eigenvalue weighted by Gasteiger charge is 2.49. The minimum absolute atomic E-state index is 0.212. The topological polar surface area (TPSA) is 125 Å². The van der Waals surface area contributed by atoms with Crippen molar-refractivity contribution >= 4 is 35.1 Å². The number of nitrogens with two attached hydrogens (primary N) is 1. The molecule has 10 heteroatoms. The summed E-state index contributed by atoms with van der Waals surface area (Å²) >= 11 is 6.02. The van der Waals surface area contributed by atoms with Crippen molar-refractivity contribution in [3.63, 3.8) is 0 Å². The number of aromatic nitrogens is 2. The second kappa shape index (κ2) is 9.77. The van der Waals surface area contributed by atoms with Crippen molar-refractivity contribution in [3.05, 3.63) is 69.8 Å². The Kier molecular flexibility index (Phi) is 6.32. The number of cyclic esters (lactones) is 1. The second-order valence-electron chi connectivity index (χ2n) is 13.0. The van der Waals surface area contributed by atoms with E-state index in [0.717, 1.165) is 25.7 Å². The number of ether oxygens (including phenoxy) is 2. The van der Waals surface area contributed by atoms with Crippen LogP contribution in [-0.2, 0) is 28.1 Å². The molecule has 3 aromatic rings. The molecule has 0 spiro atoms. The Balaban J connectivity index is 1.39. The van der Waals surface area contributed by atoms with Crippen LogP contribution in [0.4, 0.5) is 5.69 Å². The van der Waals surface area contributed by atoms with Gasteiger partial charge in [0, 0.05) is 11.8 Å². The van der Waals surface area contributed by atoms with Gasteiger partial charge in [0.1, 0.15) is 5.75 Å². The van der Waals surface area contributed by atoms with Crippen molar-refractivity contribution in [2.75, 3.05) is 4.90 Å². The fourth-order valence-electron chi connectivity index (χ4n) is 6.37. The zero-order valence-electron chi connectivity index (χ0n) is 24.4. The van der Waals surface area contributed by atoms with Crippen LogP contribution in [0.25, 0.3) is 11.1 Å². The van der Waals surface area contributed by atoms with Gasteiger partial charge in [-0.15, -0.1) is 0 Å². The lowest BCUT2D eigenvalue weighted by Gasteiger charge is -2.39. The highest BCUT2D eigenvalue weighted by atomic mass is 35.5. The Morgan fingerprint density at radius 1 is 1.05 bits per heavy atom. The van der Waals surface area contributed by atoms with Crippen molar-refractivity contribution in [1.29, 1.82) is 0 Å². The Hall–Kier alpha value is -3.98. The Morgan fingerprint density at radius 2 is 1.79 bits per heavy atom. The van der Waals surface area contributed by atoms with Crippen molar-refractivity contribution < 1.29 is 23.9 Å². The summed E-state index contributed by atoms with van der Waals surface area (Å²) in [4.78, 5) is 51.2. The molecule has 2 aliphatic heterocycles. The third-order valence-corrected chi connectivity index (χ3v) is 9.09.